The second-order valence-electron chi connectivity index (χ2n) is 9.07. The van der Waals surface area contributed by atoms with Crippen LogP contribution in [-0.2, 0) is 23.0 Å². The predicted octanol–water partition coefficient (Wildman–Crippen LogP) is 5.42. The maximum Gasteiger partial charge on any atom is 0.251 e. The number of aryl methyl sites for hydroxylation is 3. The average molecular weight is 509 g/mol. The van der Waals surface area contributed by atoms with E-state index in [0.29, 0.717) is 24.4 Å². The monoisotopic (exact) mass is 508 g/mol. The number of ether oxygens (including phenoxy) is 1. The Kier molecular flexibility index (Phi) is 9.53. The summed E-state index contributed by atoms with van der Waals surface area (Å²) in [4.78, 5) is 12.6. The SMILES string of the molecule is CCCOc1ccccc1CCCNC(=O)c1ccc(CN(c2cc(C)ccc2C)S(C)(=O)=O)cc1. The third kappa shape index (κ3) is 7.59. The van der Waals surface area contributed by atoms with Crippen LogP contribution >= 0.6 is 0 Å². The molecule has 3 aromatic rings. The van der Waals surface area contributed by atoms with E-state index in [1.165, 1.54) is 10.6 Å². The molecule has 0 bridgehead atoms. The van der Waals surface area contributed by atoms with Gasteiger partial charge in [-0.1, -0.05) is 49.4 Å². The van der Waals surface area contributed by atoms with Crippen molar-refractivity contribution in [2.24, 2.45) is 0 Å². The molecule has 0 aliphatic heterocycles. The van der Waals surface area contributed by atoms with Crippen molar-refractivity contribution in [2.45, 2.75) is 46.6 Å². The van der Waals surface area contributed by atoms with Gasteiger partial charge in [0.2, 0.25) is 10.0 Å². The molecule has 3 aromatic carbocycles. The molecule has 0 saturated carbocycles. The number of nitrogens with one attached hydrogen (secondary N) is 1. The van der Waals surface area contributed by atoms with Gasteiger partial charge in [-0.25, -0.2) is 8.42 Å². The Bertz CT molecular complexity index is 1270. The lowest BCUT2D eigenvalue weighted by atomic mass is 10.1. The molecule has 36 heavy (non-hydrogen) atoms. The summed E-state index contributed by atoms with van der Waals surface area (Å²) in [6.07, 6.45) is 3.79. The predicted molar refractivity (Wildman–Crippen MR) is 146 cm³/mol. The highest BCUT2D eigenvalue weighted by Gasteiger charge is 2.20. The zero-order valence-electron chi connectivity index (χ0n) is 21.6. The van der Waals surface area contributed by atoms with Crippen LogP contribution in [0.2, 0.25) is 0 Å². The number of sulfonamides is 1. The summed E-state index contributed by atoms with van der Waals surface area (Å²) in [5, 5.41) is 2.97. The molecule has 0 saturated heterocycles. The molecule has 0 spiro atoms. The Morgan fingerprint density at radius 3 is 2.42 bits per heavy atom. The first-order valence-corrected chi connectivity index (χ1v) is 14.2. The first-order valence-electron chi connectivity index (χ1n) is 12.3. The van der Waals surface area contributed by atoms with E-state index >= 15 is 0 Å². The summed E-state index contributed by atoms with van der Waals surface area (Å²) < 4.78 is 32.3. The van der Waals surface area contributed by atoms with Crippen LogP contribution in [-0.4, -0.2) is 33.7 Å². The average Bonchev–Trinajstić information content (AvgIpc) is 2.85. The van der Waals surface area contributed by atoms with E-state index < -0.39 is 10.0 Å². The van der Waals surface area contributed by atoms with Crippen molar-refractivity contribution in [3.8, 4) is 5.75 Å². The number of para-hydroxylation sites is 1. The Morgan fingerprint density at radius 1 is 1.00 bits per heavy atom. The van der Waals surface area contributed by atoms with Crippen LogP contribution in [0.5, 0.6) is 5.75 Å². The number of anilines is 1. The number of hydrogen-bond donors (Lipinski definition) is 1. The molecule has 3 rings (SSSR count). The minimum Gasteiger partial charge on any atom is -0.493 e. The standard InChI is InChI=1S/C29H36N2O4S/c1-5-19-35-28-11-7-6-9-25(28)10-8-18-30-29(32)26-16-14-24(15-17-26)21-31(36(4,33)34)27-20-22(2)12-13-23(27)3/h6-7,9,11-17,20H,5,8,10,18-19,21H2,1-4H3,(H,30,32). The van der Waals surface area contributed by atoms with Crippen LogP contribution in [0, 0.1) is 13.8 Å². The molecule has 0 aliphatic rings. The third-order valence-electron chi connectivity index (χ3n) is 5.92. The Morgan fingerprint density at radius 2 is 1.72 bits per heavy atom. The van der Waals surface area contributed by atoms with Crippen molar-refractivity contribution in [3.05, 3.63) is 94.5 Å². The van der Waals surface area contributed by atoms with Crippen molar-refractivity contribution in [1.29, 1.82) is 0 Å². The summed E-state index contributed by atoms with van der Waals surface area (Å²) in [6, 6.07) is 20.9. The second-order valence-corrected chi connectivity index (χ2v) is 11.0. The van der Waals surface area contributed by atoms with Gasteiger partial charge in [-0.2, -0.15) is 0 Å². The molecule has 0 atom stereocenters. The van der Waals surface area contributed by atoms with Gasteiger partial charge in [-0.15, -0.1) is 0 Å². The van der Waals surface area contributed by atoms with Gasteiger partial charge in [0.05, 0.1) is 25.1 Å². The molecule has 0 heterocycles. The maximum atomic E-state index is 12.6. The Hall–Kier alpha value is -3.32. The van der Waals surface area contributed by atoms with E-state index in [1.807, 2.05) is 50.2 Å². The van der Waals surface area contributed by atoms with Crippen LogP contribution in [0.25, 0.3) is 0 Å². The fourth-order valence-electron chi connectivity index (χ4n) is 3.94. The van der Waals surface area contributed by atoms with E-state index in [1.54, 1.807) is 24.3 Å². The highest BCUT2D eigenvalue weighted by molar-refractivity contribution is 7.92. The van der Waals surface area contributed by atoms with Crippen LogP contribution < -0.4 is 14.4 Å². The first-order chi connectivity index (χ1) is 17.2. The molecule has 0 unspecified atom stereocenters. The summed E-state index contributed by atoms with van der Waals surface area (Å²) in [6.45, 7) is 7.36. The Balaban J connectivity index is 1.58. The molecule has 1 amide bonds. The van der Waals surface area contributed by atoms with Crippen molar-refractivity contribution in [3.63, 3.8) is 0 Å². The van der Waals surface area contributed by atoms with Gasteiger partial charge in [-0.3, -0.25) is 9.10 Å². The van der Waals surface area contributed by atoms with E-state index in [0.717, 1.165) is 47.3 Å². The molecule has 6 nitrogen and oxygen atoms in total. The lowest BCUT2D eigenvalue weighted by Gasteiger charge is -2.25. The van der Waals surface area contributed by atoms with Crippen molar-refractivity contribution < 1.29 is 17.9 Å². The Labute approximate surface area is 215 Å². The zero-order chi connectivity index (χ0) is 26.1. The molecular formula is C29H36N2O4S. The number of rotatable bonds is 12. The fourth-order valence-corrected chi connectivity index (χ4v) is 4.88. The fraction of sp³-hybridized carbons (Fsp3) is 0.345. The zero-order valence-corrected chi connectivity index (χ0v) is 22.4. The minimum absolute atomic E-state index is 0.147. The van der Waals surface area contributed by atoms with Crippen LogP contribution in [0.1, 0.15) is 52.4 Å². The van der Waals surface area contributed by atoms with Crippen molar-refractivity contribution in [2.75, 3.05) is 23.7 Å². The van der Waals surface area contributed by atoms with E-state index in [4.69, 9.17) is 4.74 Å². The maximum absolute atomic E-state index is 12.6. The smallest absolute Gasteiger partial charge is 0.251 e. The molecule has 0 aromatic heterocycles. The van der Waals surface area contributed by atoms with Crippen LogP contribution in [0.3, 0.4) is 0 Å². The second kappa shape index (κ2) is 12.6. The molecule has 0 aliphatic carbocycles. The topological polar surface area (TPSA) is 75.7 Å². The van der Waals surface area contributed by atoms with Crippen LogP contribution in [0.15, 0.2) is 66.7 Å². The highest BCUT2D eigenvalue weighted by Crippen LogP contribution is 2.26. The van der Waals surface area contributed by atoms with Crippen molar-refractivity contribution >= 4 is 21.6 Å². The van der Waals surface area contributed by atoms with Gasteiger partial charge in [0, 0.05) is 12.1 Å². The first kappa shape index (κ1) is 27.3. The van der Waals surface area contributed by atoms with E-state index in [2.05, 4.69) is 18.3 Å². The number of carbonyl (C=O) groups excluding carboxylic acids is 1. The van der Waals surface area contributed by atoms with Gasteiger partial charge < -0.3 is 10.1 Å². The van der Waals surface area contributed by atoms with Gasteiger partial charge >= 0.3 is 0 Å². The molecular weight excluding hydrogens is 472 g/mol. The number of hydrogen-bond acceptors (Lipinski definition) is 4. The summed E-state index contributed by atoms with van der Waals surface area (Å²) in [5.74, 6) is 0.761. The summed E-state index contributed by atoms with van der Waals surface area (Å²) >= 11 is 0. The van der Waals surface area contributed by atoms with Crippen LogP contribution in [0.4, 0.5) is 5.69 Å². The molecule has 0 radical (unpaired) electrons. The van der Waals surface area contributed by atoms with Gasteiger partial charge in [0.25, 0.3) is 5.91 Å². The van der Waals surface area contributed by atoms with E-state index in [-0.39, 0.29) is 12.5 Å². The number of nitrogens with zero attached hydrogens (tertiary/aromatic N) is 1. The number of amides is 1. The van der Waals surface area contributed by atoms with Gasteiger partial charge in [0.15, 0.2) is 0 Å². The van der Waals surface area contributed by atoms with Gasteiger partial charge in [0.1, 0.15) is 5.75 Å². The quantitative estimate of drug-likeness (QED) is 0.332. The lowest BCUT2D eigenvalue weighted by molar-refractivity contribution is 0.0953. The molecule has 1 N–H and O–H groups in total. The molecule has 7 heteroatoms. The van der Waals surface area contributed by atoms with E-state index in [9.17, 15) is 13.2 Å². The normalized spacial score (nSPS) is 11.2. The van der Waals surface area contributed by atoms with Crippen molar-refractivity contribution in [1.82, 2.24) is 5.32 Å². The number of benzene rings is 3. The highest BCUT2D eigenvalue weighted by atomic mass is 32.2. The summed E-state index contributed by atoms with van der Waals surface area (Å²) in [7, 11) is -3.48. The molecule has 192 valence electrons. The lowest BCUT2D eigenvalue weighted by Crippen LogP contribution is -2.30. The number of carbonyl (C=O) groups is 1. The molecule has 0 fully saturated rings. The third-order valence-corrected chi connectivity index (χ3v) is 7.05. The largest absolute Gasteiger partial charge is 0.493 e. The van der Waals surface area contributed by atoms with Gasteiger partial charge in [-0.05, 0) is 79.6 Å². The minimum atomic E-state index is -3.48. The summed E-state index contributed by atoms with van der Waals surface area (Å²) in [5.41, 5.74) is 5.05.